The Morgan fingerprint density at radius 3 is 1.85 bits per heavy atom. The Hall–Kier alpha value is -5.13. The molecule has 0 unspecified atom stereocenters. The fraction of sp³-hybridized carbons (Fsp3) is 0.321. The average molecular weight is 661 g/mol. The number of aromatic amines is 1. The van der Waals surface area contributed by atoms with Crippen molar-refractivity contribution in [3.63, 3.8) is 0 Å². The molecular formula is C28H30F6N6O6. The second-order valence-electron chi connectivity index (χ2n) is 10.1. The van der Waals surface area contributed by atoms with E-state index in [1.807, 2.05) is 38.1 Å². The summed E-state index contributed by atoms with van der Waals surface area (Å²) >= 11 is 0. The van der Waals surface area contributed by atoms with Gasteiger partial charge in [0.25, 0.3) is 0 Å². The van der Waals surface area contributed by atoms with Crippen molar-refractivity contribution in [1.29, 1.82) is 0 Å². The van der Waals surface area contributed by atoms with E-state index in [2.05, 4.69) is 58.5 Å². The van der Waals surface area contributed by atoms with E-state index in [1.54, 1.807) is 6.20 Å². The lowest BCUT2D eigenvalue weighted by Gasteiger charge is -2.14. The normalized spacial score (nSPS) is 11.3. The number of carboxylic acids is 2. The maximum Gasteiger partial charge on any atom is 0.490 e. The summed E-state index contributed by atoms with van der Waals surface area (Å²) in [5, 5.41) is 20.9. The number of oxazole rings is 1. The number of fused-ring (bicyclic) bond motifs is 1. The number of anilines is 4. The quantitative estimate of drug-likeness (QED) is 0.154. The van der Waals surface area contributed by atoms with E-state index in [-0.39, 0.29) is 0 Å². The van der Waals surface area contributed by atoms with E-state index < -0.39 is 30.0 Å². The summed E-state index contributed by atoms with van der Waals surface area (Å²) in [6.07, 6.45) is -8.38. The van der Waals surface area contributed by atoms with Crippen molar-refractivity contribution in [2.24, 2.45) is 0 Å². The molecule has 0 saturated heterocycles. The van der Waals surface area contributed by atoms with E-state index in [9.17, 15) is 31.1 Å². The van der Waals surface area contributed by atoms with Crippen molar-refractivity contribution in [2.45, 2.75) is 46.6 Å². The summed E-state index contributed by atoms with van der Waals surface area (Å²) in [5.41, 5.74) is 8.50. The fourth-order valence-corrected chi connectivity index (χ4v) is 3.66. The maximum absolute atomic E-state index is 11.8. The highest BCUT2D eigenvalue weighted by molar-refractivity contribution is 5.82. The summed E-state index contributed by atoms with van der Waals surface area (Å²) in [5.74, 6) is -4.79. The molecule has 0 saturated carbocycles. The van der Waals surface area contributed by atoms with E-state index in [1.165, 1.54) is 16.7 Å². The van der Waals surface area contributed by atoms with Crippen molar-refractivity contribution < 1.29 is 50.6 Å². The second kappa shape index (κ2) is 14.8. The SMILES string of the molecule is Cc1cnc(Nc2cc(C)c(C)c(C)c2)nc1Nc1cc(CN(C)C)c2oc(=O)[nH]c2c1.O=C(O)C(F)(F)F.O=C(O)C(F)(F)F. The highest BCUT2D eigenvalue weighted by Gasteiger charge is 2.38. The number of aliphatic carboxylic acids is 2. The number of alkyl halides is 6. The molecule has 0 fully saturated rings. The molecule has 0 aliphatic heterocycles. The fourth-order valence-electron chi connectivity index (χ4n) is 3.66. The predicted octanol–water partition coefficient (Wildman–Crippen LogP) is 5.96. The Kier molecular flexibility index (Phi) is 11.9. The third-order valence-electron chi connectivity index (χ3n) is 5.99. The number of carbonyl (C=O) groups is 2. The minimum atomic E-state index is -5.08. The number of aromatic nitrogens is 3. The first kappa shape index (κ1) is 37.1. The molecule has 0 aliphatic carbocycles. The molecule has 46 heavy (non-hydrogen) atoms. The smallest absolute Gasteiger partial charge is 0.475 e. The molecule has 250 valence electrons. The first-order chi connectivity index (χ1) is 21.1. The highest BCUT2D eigenvalue weighted by atomic mass is 19.4. The Balaban J connectivity index is 0.000000440. The second-order valence-corrected chi connectivity index (χ2v) is 10.1. The molecule has 5 N–H and O–H groups in total. The molecule has 4 aromatic rings. The Morgan fingerprint density at radius 1 is 0.870 bits per heavy atom. The predicted molar refractivity (Wildman–Crippen MR) is 156 cm³/mol. The van der Waals surface area contributed by atoms with Gasteiger partial charge < -0.3 is 30.2 Å². The molecule has 2 aromatic heterocycles. The van der Waals surface area contributed by atoms with E-state index in [4.69, 9.17) is 24.2 Å². The molecule has 2 aromatic carbocycles. The van der Waals surface area contributed by atoms with Gasteiger partial charge in [-0.1, -0.05) is 0 Å². The number of nitrogens with zero attached hydrogens (tertiary/aromatic N) is 3. The molecule has 0 amide bonds. The number of carboxylic acid groups (broad SMARTS) is 2. The third kappa shape index (κ3) is 10.8. The minimum Gasteiger partial charge on any atom is -0.475 e. The van der Waals surface area contributed by atoms with Gasteiger partial charge in [0.05, 0.1) is 5.52 Å². The number of benzene rings is 2. The van der Waals surface area contributed by atoms with Crippen LogP contribution in [0.5, 0.6) is 0 Å². The van der Waals surface area contributed by atoms with Crippen molar-refractivity contribution in [1.82, 2.24) is 19.9 Å². The number of hydrogen-bond donors (Lipinski definition) is 5. The standard InChI is InChI=1S/C24H28N6O2.2C2HF3O2/c1-13-7-18(8-14(2)16(13)4)27-23-25-11-15(3)22(29-23)26-19-9-17(12-30(5)6)21-20(10-19)28-24(31)32-21;2*3-2(4,5)1(6)7/h7-11H,12H2,1-6H3,(H,28,31)(H2,25,26,27,29);2*(H,6,7). The van der Waals surface area contributed by atoms with Gasteiger partial charge in [-0.15, -0.1) is 0 Å². The summed E-state index contributed by atoms with van der Waals surface area (Å²) in [6, 6.07) is 8.01. The number of halogens is 6. The molecule has 18 heteroatoms. The number of rotatable bonds is 6. The summed E-state index contributed by atoms with van der Waals surface area (Å²) < 4.78 is 68.8. The summed E-state index contributed by atoms with van der Waals surface area (Å²) in [7, 11) is 3.94. The lowest BCUT2D eigenvalue weighted by molar-refractivity contribution is -0.193. The van der Waals surface area contributed by atoms with Gasteiger partial charge >= 0.3 is 30.0 Å². The van der Waals surface area contributed by atoms with Crippen molar-refractivity contribution in [3.05, 3.63) is 68.8 Å². The molecule has 2 heterocycles. The number of hydrogen-bond acceptors (Lipinski definition) is 9. The molecule has 0 atom stereocenters. The van der Waals surface area contributed by atoms with Crippen LogP contribution >= 0.6 is 0 Å². The van der Waals surface area contributed by atoms with Crippen LogP contribution < -0.4 is 16.4 Å². The van der Waals surface area contributed by atoms with Gasteiger partial charge in [0.1, 0.15) is 5.82 Å². The lowest BCUT2D eigenvalue weighted by atomic mass is 10.0. The van der Waals surface area contributed by atoms with Gasteiger partial charge in [-0.3, -0.25) is 4.98 Å². The van der Waals surface area contributed by atoms with Crippen LogP contribution in [-0.4, -0.2) is 68.5 Å². The van der Waals surface area contributed by atoms with Crippen LogP contribution in [-0.2, 0) is 16.1 Å². The molecule has 0 radical (unpaired) electrons. The van der Waals surface area contributed by atoms with Crippen LogP contribution in [0.3, 0.4) is 0 Å². The molecule has 12 nitrogen and oxygen atoms in total. The minimum absolute atomic E-state index is 0.467. The first-order valence-corrected chi connectivity index (χ1v) is 12.9. The van der Waals surface area contributed by atoms with E-state index >= 15 is 0 Å². The van der Waals surface area contributed by atoms with Crippen LogP contribution in [0.4, 0.5) is 49.5 Å². The van der Waals surface area contributed by atoms with Crippen LogP contribution in [0, 0.1) is 27.7 Å². The van der Waals surface area contributed by atoms with Crippen molar-refractivity contribution in [2.75, 3.05) is 24.7 Å². The monoisotopic (exact) mass is 660 g/mol. The van der Waals surface area contributed by atoms with Crippen molar-refractivity contribution >= 4 is 46.2 Å². The number of nitrogens with one attached hydrogen (secondary N) is 3. The van der Waals surface area contributed by atoms with E-state index in [0.29, 0.717) is 29.4 Å². The topological polar surface area (TPSA) is 174 Å². The molecular weight excluding hydrogens is 630 g/mol. The largest absolute Gasteiger partial charge is 0.490 e. The molecule has 4 rings (SSSR count). The Labute approximate surface area is 257 Å². The highest BCUT2D eigenvalue weighted by Crippen LogP contribution is 2.27. The zero-order valence-electron chi connectivity index (χ0n) is 25.2. The molecule has 0 spiro atoms. The number of H-pyrrole nitrogens is 1. The Morgan fingerprint density at radius 2 is 1.37 bits per heavy atom. The van der Waals surface area contributed by atoms with Crippen LogP contribution in [0.1, 0.15) is 27.8 Å². The average Bonchev–Trinajstić information content (AvgIpc) is 3.29. The Bertz CT molecular complexity index is 1720. The zero-order chi connectivity index (χ0) is 35.1. The molecule has 0 aliphatic rings. The van der Waals surface area contributed by atoms with Gasteiger partial charge in [-0.2, -0.15) is 31.3 Å². The lowest BCUT2D eigenvalue weighted by Crippen LogP contribution is -2.21. The zero-order valence-corrected chi connectivity index (χ0v) is 25.2. The van der Waals surface area contributed by atoms with Crippen LogP contribution in [0.15, 0.2) is 39.7 Å². The van der Waals surface area contributed by atoms with Gasteiger partial charge in [0.15, 0.2) is 5.58 Å². The third-order valence-corrected chi connectivity index (χ3v) is 5.99. The van der Waals surface area contributed by atoms with Gasteiger partial charge in [0.2, 0.25) is 5.95 Å². The van der Waals surface area contributed by atoms with Gasteiger partial charge in [0, 0.05) is 35.2 Å². The summed E-state index contributed by atoms with van der Waals surface area (Å²) in [6.45, 7) is 8.89. The van der Waals surface area contributed by atoms with Crippen LogP contribution in [0.2, 0.25) is 0 Å². The first-order valence-electron chi connectivity index (χ1n) is 12.9. The summed E-state index contributed by atoms with van der Waals surface area (Å²) in [4.78, 5) is 43.4. The molecule has 0 bridgehead atoms. The van der Waals surface area contributed by atoms with Gasteiger partial charge in [-0.25, -0.2) is 19.4 Å². The number of aryl methyl sites for hydroxylation is 3. The van der Waals surface area contributed by atoms with Crippen molar-refractivity contribution in [3.8, 4) is 0 Å². The van der Waals surface area contributed by atoms with Gasteiger partial charge in [-0.05, 0) is 82.7 Å². The van der Waals surface area contributed by atoms with E-state index in [0.717, 1.165) is 22.5 Å². The van der Waals surface area contributed by atoms with Crippen LogP contribution in [0.25, 0.3) is 11.1 Å². The maximum atomic E-state index is 11.8.